The van der Waals surface area contributed by atoms with Gasteiger partial charge in [-0.25, -0.2) is 0 Å². The monoisotopic (exact) mass is 499 g/mol. The second-order valence-electron chi connectivity index (χ2n) is 8.94. The number of nitrogens with one attached hydrogen (secondary N) is 1. The first kappa shape index (κ1) is 23.0. The van der Waals surface area contributed by atoms with Crippen LogP contribution in [0.2, 0.25) is 0 Å². The van der Waals surface area contributed by atoms with Crippen molar-refractivity contribution in [2.24, 2.45) is 0 Å². The lowest BCUT2D eigenvalue weighted by molar-refractivity contribution is -0.686. The number of methoxy groups -OCH3 is 2. The summed E-state index contributed by atoms with van der Waals surface area (Å²) in [5, 5.41) is 4.84. The zero-order valence-electron chi connectivity index (χ0n) is 20.7. The Bertz CT molecular complexity index is 1500. The lowest BCUT2D eigenvalue weighted by atomic mass is 9.95. The molecule has 0 fully saturated rings. The molecule has 0 atom stereocenters. The lowest BCUT2D eigenvalue weighted by Gasteiger charge is -2.18. The van der Waals surface area contributed by atoms with Gasteiger partial charge in [-0.1, -0.05) is 0 Å². The topological polar surface area (TPSA) is 79.1 Å². The number of hydrogen-bond acceptors (Lipinski definition) is 6. The summed E-state index contributed by atoms with van der Waals surface area (Å²) in [7, 11) is 3.23. The summed E-state index contributed by atoms with van der Waals surface area (Å²) in [6, 6.07) is 17.5. The number of aryl methyl sites for hydroxylation is 2. The normalized spacial score (nSPS) is 13.0. The van der Waals surface area contributed by atoms with Crippen molar-refractivity contribution in [3.8, 4) is 40.0 Å². The van der Waals surface area contributed by atoms with Crippen molar-refractivity contribution in [2.45, 2.75) is 19.4 Å². The summed E-state index contributed by atoms with van der Waals surface area (Å²) in [6.45, 7) is 1.30. The average Bonchev–Trinajstić information content (AvgIpc) is 3.39. The Morgan fingerprint density at radius 3 is 2.59 bits per heavy atom. The molecule has 8 nitrogen and oxygen atoms in total. The largest absolute Gasteiger partial charge is 0.497 e. The molecular formula is C29H27N2O6+. The third-order valence-electron chi connectivity index (χ3n) is 6.75. The zero-order valence-corrected chi connectivity index (χ0v) is 20.7. The van der Waals surface area contributed by atoms with Crippen molar-refractivity contribution in [2.75, 3.05) is 32.9 Å². The van der Waals surface area contributed by atoms with E-state index in [2.05, 4.69) is 34.3 Å². The molecule has 0 aliphatic carbocycles. The number of benzene rings is 3. The summed E-state index contributed by atoms with van der Waals surface area (Å²) in [5.74, 6) is 3.45. The highest BCUT2D eigenvalue weighted by Crippen LogP contribution is 2.41. The van der Waals surface area contributed by atoms with Gasteiger partial charge in [0.25, 0.3) is 0 Å². The van der Waals surface area contributed by atoms with Crippen molar-refractivity contribution in [3.05, 3.63) is 66.4 Å². The Morgan fingerprint density at radius 2 is 1.81 bits per heavy atom. The second-order valence-corrected chi connectivity index (χ2v) is 8.94. The summed E-state index contributed by atoms with van der Waals surface area (Å²) in [6.07, 6.45) is 3.19. The summed E-state index contributed by atoms with van der Waals surface area (Å²) in [5.41, 5.74) is 4.21. The van der Waals surface area contributed by atoms with Gasteiger partial charge in [0.2, 0.25) is 18.4 Å². The molecule has 2 aliphatic rings. The maximum Gasteiger partial charge on any atom is 0.231 e. The number of nitrogens with zero attached hydrogens (tertiary/aromatic N) is 1. The minimum atomic E-state index is -0.133. The number of hydrogen-bond donors (Lipinski definition) is 1. The standard InChI is InChI=1S/C29H26N2O6/c1-33-21-6-4-20(5-7-21)30-28(32)10-12-35-29-23-16-31-11-9-19-14-26-27(37-17-36-26)15-22(19)24(31)13-18(23)3-8-25(29)34-2/h3-8,13-16H,9-12,17H2,1-2H3/p+1. The van der Waals surface area contributed by atoms with E-state index in [9.17, 15) is 4.79 Å². The van der Waals surface area contributed by atoms with Crippen LogP contribution in [0.5, 0.6) is 28.7 Å². The molecule has 0 radical (unpaired) electrons. The van der Waals surface area contributed by atoms with E-state index in [1.165, 1.54) is 5.56 Å². The first-order valence-electron chi connectivity index (χ1n) is 12.2. The molecule has 0 saturated carbocycles. The third kappa shape index (κ3) is 4.35. The molecule has 0 bridgehead atoms. The molecule has 37 heavy (non-hydrogen) atoms. The van der Waals surface area contributed by atoms with Gasteiger partial charge >= 0.3 is 0 Å². The molecular weight excluding hydrogens is 472 g/mol. The number of anilines is 1. The van der Waals surface area contributed by atoms with Gasteiger partial charge < -0.3 is 29.0 Å². The predicted octanol–water partition coefficient (Wildman–Crippen LogP) is 4.50. The number of aromatic nitrogens is 1. The maximum atomic E-state index is 12.5. The van der Waals surface area contributed by atoms with Crippen molar-refractivity contribution in [3.63, 3.8) is 0 Å². The van der Waals surface area contributed by atoms with Crippen LogP contribution in [0.25, 0.3) is 22.0 Å². The molecule has 0 spiro atoms. The van der Waals surface area contributed by atoms with E-state index in [4.69, 9.17) is 23.7 Å². The van der Waals surface area contributed by atoms with Crippen molar-refractivity contribution in [1.82, 2.24) is 0 Å². The van der Waals surface area contributed by atoms with E-state index in [0.717, 1.165) is 52.2 Å². The van der Waals surface area contributed by atoms with Crippen LogP contribution in [0, 0.1) is 0 Å². The van der Waals surface area contributed by atoms with Crippen LogP contribution < -0.4 is 33.6 Å². The zero-order chi connectivity index (χ0) is 25.4. The number of fused-ring (bicyclic) bond motifs is 5. The van der Waals surface area contributed by atoms with Crippen LogP contribution >= 0.6 is 0 Å². The molecule has 0 unspecified atom stereocenters. The molecule has 3 aromatic carbocycles. The van der Waals surface area contributed by atoms with Gasteiger partial charge in [0.15, 0.2) is 35.7 Å². The number of carbonyl (C=O) groups excluding carboxylic acids is 1. The summed E-state index contributed by atoms with van der Waals surface area (Å²) in [4.78, 5) is 12.5. The van der Waals surface area contributed by atoms with Crippen LogP contribution in [0.1, 0.15) is 12.0 Å². The quantitative estimate of drug-likeness (QED) is 0.377. The lowest BCUT2D eigenvalue weighted by Crippen LogP contribution is -2.40. The van der Waals surface area contributed by atoms with Crippen LogP contribution in [0.4, 0.5) is 5.69 Å². The Labute approximate surface area is 214 Å². The van der Waals surface area contributed by atoms with Crippen LogP contribution in [-0.2, 0) is 17.8 Å². The van der Waals surface area contributed by atoms with E-state index in [1.54, 1.807) is 38.5 Å². The van der Waals surface area contributed by atoms with E-state index in [0.29, 0.717) is 17.2 Å². The number of ether oxygens (including phenoxy) is 5. The molecule has 3 heterocycles. The molecule has 2 aliphatic heterocycles. The number of rotatable bonds is 7. The van der Waals surface area contributed by atoms with Gasteiger partial charge in [-0.2, -0.15) is 4.57 Å². The Morgan fingerprint density at radius 1 is 1.00 bits per heavy atom. The molecule has 188 valence electrons. The highest BCUT2D eigenvalue weighted by molar-refractivity contribution is 5.92. The molecule has 6 rings (SSSR count). The minimum Gasteiger partial charge on any atom is -0.497 e. The van der Waals surface area contributed by atoms with Crippen molar-refractivity contribution >= 4 is 22.4 Å². The summed E-state index contributed by atoms with van der Waals surface area (Å²) < 4.78 is 30.3. The predicted molar refractivity (Wildman–Crippen MR) is 138 cm³/mol. The molecule has 1 amide bonds. The van der Waals surface area contributed by atoms with Gasteiger partial charge in [-0.3, -0.25) is 4.79 Å². The highest BCUT2D eigenvalue weighted by Gasteiger charge is 2.28. The van der Waals surface area contributed by atoms with Crippen LogP contribution in [0.3, 0.4) is 0 Å². The number of carbonyl (C=O) groups is 1. The molecule has 1 aromatic heterocycles. The fourth-order valence-corrected chi connectivity index (χ4v) is 4.85. The van der Waals surface area contributed by atoms with Crippen LogP contribution in [0.15, 0.2) is 60.8 Å². The van der Waals surface area contributed by atoms with E-state index in [-0.39, 0.29) is 25.7 Å². The smallest absolute Gasteiger partial charge is 0.231 e. The number of pyridine rings is 1. The van der Waals surface area contributed by atoms with Gasteiger partial charge in [0, 0.05) is 18.2 Å². The maximum absolute atomic E-state index is 12.5. The van der Waals surface area contributed by atoms with Gasteiger partial charge in [0.1, 0.15) is 5.75 Å². The molecule has 8 heteroatoms. The molecule has 1 N–H and O–H groups in total. The third-order valence-corrected chi connectivity index (χ3v) is 6.75. The van der Waals surface area contributed by atoms with Gasteiger partial charge in [0.05, 0.1) is 38.2 Å². The highest BCUT2D eigenvalue weighted by atomic mass is 16.7. The van der Waals surface area contributed by atoms with Gasteiger partial charge in [-0.05, 0) is 59.5 Å². The molecule has 4 aromatic rings. The minimum absolute atomic E-state index is 0.133. The SMILES string of the molecule is COc1ccc(NC(=O)CCOc2c(OC)ccc3cc4[n+](cc23)CCc2cc3c(cc2-4)OCO3)cc1. The van der Waals surface area contributed by atoms with Gasteiger partial charge in [-0.15, -0.1) is 0 Å². The van der Waals surface area contributed by atoms with E-state index < -0.39 is 0 Å². The fraction of sp³-hybridized carbons (Fsp3) is 0.241. The Balaban J connectivity index is 1.24. The van der Waals surface area contributed by atoms with E-state index in [1.807, 2.05) is 12.1 Å². The molecule has 0 saturated heterocycles. The van der Waals surface area contributed by atoms with Crippen molar-refractivity contribution < 1.29 is 33.0 Å². The van der Waals surface area contributed by atoms with Crippen molar-refractivity contribution in [1.29, 1.82) is 0 Å². The first-order valence-corrected chi connectivity index (χ1v) is 12.2. The van der Waals surface area contributed by atoms with Crippen LogP contribution in [-0.4, -0.2) is 33.5 Å². The second kappa shape index (κ2) is 9.54. The van der Waals surface area contributed by atoms with E-state index >= 15 is 0 Å². The first-order chi connectivity index (χ1) is 18.1. The Hall–Kier alpha value is -4.46. The Kier molecular flexibility index (Phi) is 5.92. The summed E-state index contributed by atoms with van der Waals surface area (Å²) >= 11 is 0. The average molecular weight is 500 g/mol. The fourth-order valence-electron chi connectivity index (χ4n) is 4.85. The number of amides is 1.